The van der Waals surface area contributed by atoms with Gasteiger partial charge < -0.3 is 10.2 Å². The molecule has 0 aromatic heterocycles. The van der Waals surface area contributed by atoms with Gasteiger partial charge in [0.05, 0.1) is 10.6 Å². The summed E-state index contributed by atoms with van der Waals surface area (Å²) in [6.45, 7) is 4.37. The first-order chi connectivity index (χ1) is 8.09. The SMILES string of the molecule is C[C@H]1CNCCN1C(=O)c1ccc(Cl)cc1Cl. The smallest absolute Gasteiger partial charge is 0.255 e. The highest BCUT2D eigenvalue weighted by Gasteiger charge is 2.25. The quantitative estimate of drug-likeness (QED) is 0.852. The summed E-state index contributed by atoms with van der Waals surface area (Å²) in [5, 5.41) is 4.20. The number of amides is 1. The van der Waals surface area contributed by atoms with Crippen LogP contribution < -0.4 is 5.32 Å². The number of nitrogens with zero attached hydrogens (tertiary/aromatic N) is 1. The lowest BCUT2D eigenvalue weighted by Gasteiger charge is -2.34. The first-order valence-corrected chi connectivity index (χ1v) is 6.32. The molecular formula is C12H14Cl2N2O. The largest absolute Gasteiger partial charge is 0.333 e. The fourth-order valence-corrected chi connectivity index (χ4v) is 2.45. The van der Waals surface area contributed by atoms with Crippen molar-refractivity contribution in [1.82, 2.24) is 10.2 Å². The lowest BCUT2D eigenvalue weighted by atomic mass is 10.1. The maximum atomic E-state index is 12.3. The molecule has 0 radical (unpaired) electrons. The Labute approximate surface area is 111 Å². The molecule has 1 N–H and O–H groups in total. The molecule has 92 valence electrons. The van der Waals surface area contributed by atoms with Gasteiger partial charge in [0.25, 0.3) is 5.91 Å². The number of carbonyl (C=O) groups excluding carboxylic acids is 1. The van der Waals surface area contributed by atoms with Crippen molar-refractivity contribution < 1.29 is 4.79 Å². The topological polar surface area (TPSA) is 32.3 Å². The van der Waals surface area contributed by atoms with E-state index in [1.807, 2.05) is 11.8 Å². The van der Waals surface area contributed by atoms with E-state index < -0.39 is 0 Å². The maximum Gasteiger partial charge on any atom is 0.255 e. The number of benzene rings is 1. The fourth-order valence-electron chi connectivity index (χ4n) is 1.96. The number of hydrogen-bond donors (Lipinski definition) is 1. The van der Waals surface area contributed by atoms with Crippen molar-refractivity contribution in [3.05, 3.63) is 33.8 Å². The summed E-state index contributed by atoms with van der Waals surface area (Å²) in [5.74, 6) is -0.0272. The average molecular weight is 273 g/mol. The molecule has 0 aliphatic carbocycles. The zero-order valence-electron chi connectivity index (χ0n) is 9.54. The number of nitrogens with one attached hydrogen (secondary N) is 1. The van der Waals surface area contributed by atoms with Crippen LogP contribution in [0.4, 0.5) is 0 Å². The number of piperazine rings is 1. The van der Waals surface area contributed by atoms with Crippen molar-refractivity contribution in [3.63, 3.8) is 0 Å². The molecule has 1 aromatic carbocycles. The molecule has 1 atom stereocenters. The van der Waals surface area contributed by atoms with Gasteiger partial charge in [-0.05, 0) is 25.1 Å². The van der Waals surface area contributed by atoms with Crippen LogP contribution in [0.3, 0.4) is 0 Å². The third-order valence-electron chi connectivity index (χ3n) is 2.92. The minimum atomic E-state index is -0.0272. The highest BCUT2D eigenvalue weighted by molar-refractivity contribution is 6.36. The van der Waals surface area contributed by atoms with Gasteiger partial charge in [0.2, 0.25) is 0 Å². The zero-order valence-corrected chi connectivity index (χ0v) is 11.1. The van der Waals surface area contributed by atoms with E-state index >= 15 is 0 Å². The van der Waals surface area contributed by atoms with Crippen molar-refractivity contribution in [2.75, 3.05) is 19.6 Å². The standard InChI is InChI=1S/C12H14Cl2N2O/c1-8-7-15-4-5-16(8)12(17)10-3-2-9(13)6-11(10)14/h2-3,6,8,15H,4-5,7H2,1H3/t8-/m0/s1. The van der Waals surface area contributed by atoms with Crippen LogP contribution in [0.15, 0.2) is 18.2 Å². The Morgan fingerprint density at radius 1 is 1.47 bits per heavy atom. The summed E-state index contributed by atoms with van der Waals surface area (Å²) in [5.41, 5.74) is 0.518. The van der Waals surface area contributed by atoms with Gasteiger partial charge in [-0.2, -0.15) is 0 Å². The van der Waals surface area contributed by atoms with Crippen LogP contribution in [0.2, 0.25) is 10.0 Å². The van der Waals surface area contributed by atoms with E-state index in [1.54, 1.807) is 18.2 Å². The second kappa shape index (κ2) is 5.25. The minimum Gasteiger partial charge on any atom is -0.333 e. The van der Waals surface area contributed by atoms with Gasteiger partial charge >= 0.3 is 0 Å². The van der Waals surface area contributed by atoms with Crippen molar-refractivity contribution >= 4 is 29.1 Å². The van der Waals surface area contributed by atoms with Crippen molar-refractivity contribution in [1.29, 1.82) is 0 Å². The van der Waals surface area contributed by atoms with Gasteiger partial charge in [0, 0.05) is 30.7 Å². The summed E-state index contributed by atoms with van der Waals surface area (Å²) in [6, 6.07) is 5.15. The first kappa shape index (κ1) is 12.7. The van der Waals surface area contributed by atoms with Crippen LogP contribution in [0.1, 0.15) is 17.3 Å². The van der Waals surface area contributed by atoms with E-state index in [0.29, 0.717) is 22.2 Å². The lowest BCUT2D eigenvalue weighted by Crippen LogP contribution is -2.52. The van der Waals surface area contributed by atoms with Crippen molar-refractivity contribution in [2.45, 2.75) is 13.0 Å². The molecule has 1 heterocycles. The molecule has 1 saturated heterocycles. The third kappa shape index (κ3) is 2.73. The third-order valence-corrected chi connectivity index (χ3v) is 3.47. The van der Waals surface area contributed by atoms with Gasteiger partial charge in [-0.3, -0.25) is 4.79 Å². The lowest BCUT2D eigenvalue weighted by molar-refractivity contribution is 0.0656. The molecule has 5 heteroatoms. The Morgan fingerprint density at radius 2 is 2.24 bits per heavy atom. The predicted molar refractivity (Wildman–Crippen MR) is 69.8 cm³/mol. The van der Waals surface area contributed by atoms with Crippen molar-refractivity contribution in [2.24, 2.45) is 0 Å². The van der Waals surface area contributed by atoms with Crippen LogP contribution in [-0.2, 0) is 0 Å². The van der Waals surface area contributed by atoms with Gasteiger partial charge in [-0.1, -0.05) is 23.2 Å². The van der Waals surface area contributed by atoms with Crippen LogP contribution in [0, 0.1) is 0 Å². The number of halogens is 2. The molecule has 17 heavy (non-hydrogen) atoms. The molecule has 0 bridgehead atoms. The molecular weight excluding hydrogens is 259 g/mol. The summed E-state index contributed by atoms with van der Waals surface area (Å²) in [4.78, 5) is 14.2. The Kier molecular flexibility index (Phi) is 3.92. The molecule has 0 unspecified atom stereocenters. The van der Waals surface area contributed by atoms with Crippen LogP contribution >= 0.6 is 23.2 Å². The average Bonchev–Trinajstić information content (AvgIpc) is 2.29. The molecule has 0 spiro atoms. The Morgan fingerprint density at radius 3 is 2.88 bits per heavy atom. The summed E-state index contributed by atoms with van der Waals surface area (Å²) in [7, 11) is 0. The molecule has 1 fully saturated rings. The number of hydrogen-bond acceptors (Lipinski definition) is 2. The minimum absolute atomic E-state index is 0.0272. The van der Waals surface area contributed by atoms with Gasteiger partial charge in [0.1, 0.15) is 0 Å². The Hall–Kier alpha value is -0.770. The van der Waals surface area contributed by atoms with E-state index in [9.17, 15) is 4.79 Å². The summed E-state index contributed by atoms with van der Waals surface area (Å²) < 4.78 is 0. The van der Waals surface area contributed by atoms with E-state index in [2.05, 4.69) is 5.32 Å². The highest BCUT2D eigenvalue weighted by atomic mass is 35.5. The summed E-state index contributed by atoms with van der Waals surface area (Å²) >= 11 is 11.9. The number of carbonyl (C=O) groups is 1. The van der Waals surface area contributed by atoms with Crippen LogP contribution in [0.5, 0.6) is 0 Å². The predicted octanol–water partition coefficient (Wildman–Crippen LogP) is 2.43. The fraction of sp³-hybridized carbons (Fsp3) is 0.417. The van der Waals surface area contributed by atoms with Crippen LogP contribution in [-0.4, -0.2) is 36.5 Å². The van der Waals surface area contributed by atoms with E-state index in [4.69, 9.17) is 23.2 Å². The second-order valence-corrected chi connectivity index (χ2v) is 5.02. The Balaban J connectivity index is 2.24. The monoisotopic (exact) mass is 272 g/mol. The normalized spacial score (nSPS) is 20.4. The van der Waals surface area contributed by atoms with Gasteiger partial charge in [0.15, 0.2) is 0 Å². The first-order valence-electron chi connectivity index (χ1n) is 5.56. The highest BCUT2D eigenvalue weighted by Crippen LogP contribution is 2.23. The molecule has 0 saturated carbocycles. The number of rotatable bonds is 1. The Bertz CT molecular complexity index is 437. The summed E-state index contributed by atoms with van der Waals surface area (Å²) in [6.07, 6.45) is 0. The van der Waals surface area contributed by atoms with Gasteiger partial charge in [-0.25, -0.2) is 0 Å². The van der Waals surface area contributed by atoms with Crippen molar-refractivity contribution in [3.8, 4) is 0 Å². The maximum absolute atomic E-state index is 12.3. The second-order valence-electron chi connectivity index (χ2n) is 4.18. The van der Waals surface area contributed by atoms with Crippen LogP contribution in [0.25, 0.3) is 0 Å². The zero-order chi connectivity index (χ0) is 12.4. The van der Waals surface area contributed by atoms with E-state index in [-0.39, 0.29) is 11.9 Å². The van der Waals surface area contributed by atoms with E-state index in [0.717, 1.165) is 13.1 Å². The molecule has 3 nitrogen and oxygen atoms in total. The van der Waals surface area contributed by atoms with E-state index in [1.165, 1.54) is 0 Å². The molecule has 1 aliphatic heterocycles. The van der Waals surface area contributed by atoms with Gasteiger partial charge in [-0.15, -0.1) is 0 Å². The molecule has 1 amide bonds. The molecule has 1 aliphatic rings. The molecule has 2 rings (SSSR count). The molecule has 1 aromatic rings.